The summed E-state index contributed by atoms with van der Waals surface area (Å²) in [7, 11) is 5.94. The second kappa shape index (κ2) is 7.92. The van der Waals surface area contributed by atoms with E-state index < -0.39 is 0 Å². The summed E-state index contributed by atoms with van der Waals surface area (Å²) >= 11 is 0. The number of amides is 1. The van der Waals surface area contributed by atoms with E-state index in [-0.39, 0.29) is 11.9 Å². The lowest BCUT2D eigenvalue weighted by Crippen LogP contribution is -2.40. The quantitative estimate of drug-likeness (QED) is 0.779. The Bertz CT molecular complexity index is 889. The maximum Gasteiger partial charge on any atom is 0.237 e. The molecule has 2 saturated heterocycles. The number of benzene rings is 1. The number of carbonyl (C=O) groups excluding carboxylic acids is 1. The van der Waals surface area contributed by atoms with Gasteiger partial charge in [0.25, 0.3) is 0 Å². The summed E-state index contributed by atoms with van der Waals surface area (Å²) in [5.41, 5.74) is 5.13. The molecular weight excluding hydrogens is 362 g/mol. The van der Waals surface area contributed by atoms with Crippen LogP contribution in [0.3, 0.4) is 0 Å². The van der Waals surface area contributed by atoms with Crippen LogP contribution in [0.5, 0.6) is 0 Å². The first-order chi connectivity index (χ1) is 13.8. The molecule has 2 aliphatic heterocycles. The lowest BCUT2D eigenvalue weighted by molar-refractivity contribution is -0.133. The van der Waals surface area contributed by atoms with E-state index in [9.17, 15) is 4.79 Å². The highest BCUT2D eigenvalue weighted by Crippen LogP contribution is 2.46. The zero-order valence-electron chi connectivity index (χ0n) is 18.3. The van der Waals surface area contributed by atoms with Crippen LogP contribution >= 0.6 is 0 Å². The Balaban J connectivity index is 1.57. The number of likely N-dealkylation sites (N-methyl/N-ethyl adjacent to an activating group) is 1. The molecule has 2 aliphatic rings. The van der Waals surface area contributed by atoms with Gasteiger partial charge in [-0.2, -0.15) is 5.10 Å². The summed E-state index contributed by atoms with van der Waals surface area (Å²) in [5, 5.41) is 4.40. The monoisotopic (exact) mass is 395 g/mol. The van der Waals surface area contributed by atoms with Crippen LogP contribution in [-0.4, -0.2) is 70.7 Å². The zero-order chi connectivity index (χ0) is 20.7. The van der Waals surface area contributed by atoms with Crippen LogP contribution in [0.2, 0.25) is 0 Å². The van der Waals surface area contributed by atoms with Gasteiger partial charge in [0.2, 0.25) is 5.91 Å². The number of likely N-dealkylation sites (tertiary alicyclic amines) is 2. The van der Waals surface area contributed by atoms with Gasteiger partial charge in [-0.15, -0.1) is 0 Å². The minimum Gasteiger partial charge on any atom is -0.334 e. The third-order valence-electron chi connectivity index (χ3n) is 6.75. The molecule has 2 aromatic rings. The van der Waals surface area contributed by atoms with Gasteiger partial charge in [0, 0.05) is 50.4 Å². The SMILES string of the molecule is Cc1ccccc1[C@H]1[C@@H]2CN(Cc3cnn(C)c3C)C[C@@H]2CN1C(=O)CN(C)C. The van der Waals surface area contributed by atoms with Gasteiger partial charge in [-0.05, 0) is 45.0 Å². The molecule has 0 unspecified atom stereocenters. The fraction of sp³-hybridized carbons (Fsp3) is 0.565. The fourth-order valence-corrected chi connectivity index (χ4v) is 5.14. The van der Waals surface area contributed by atoms with Gasteiger partial charge in [-0.25, -0.2) is 0 Å². The van der Waals surface area contributed by atoms with E-state index >= 15 is 0 Å². The van der Waals surface area contributed by atoms with Crippen LogP contribution in [0.1, 0.15) is 28.4 Å². The van der Waals surface area contributed by atoms with Crippen molar-refractivity contribution in [3.8, 4) is 0 Å². The molecule has 29 heavy (non-hydrogen) atoms. The second-order valence-corrected chi connectivity index (χ2v) is 9.08. The Morgan fingerprint density at radius 1 is 1.17 bits per heavy atom. The van der Waals surface area contributed by atoms with Crippen molar-refractivity contribution in [2.75, 3.05) is 40.3 Å². The van der Waals surface area contributed by atoms with Crippen LogP contribution in [0, 0.1) is 25.7 Å². The number of carbonyl (C=O) groups is 1. The average Bonchev–Trinajstić information content (AvgIpc) is 3.30. The van der Waals surface area contributed by atoms with E-state index in [0.717, 1.165) is 26.2 Å². The summed E-state index contributed by atoms with van der Waals surface area (Å²) < 4.78 is 1.95. The van der Waals surface area contributed by atoms with E-state index in [1.807, 2.05) is 36.9 Å². The molecule has 156 valence electrons. The third kappa shape index (κ3) is 3.83. The molecule has 1 aromatic carbocycles. The van der Waals surface area contributed by atoms with E-state index in [4.69, 9.17) is 0 Å². The van der Waals surface area contributed by atoms with Crippen LogP contribution in [0.15, 0.2) is 30.5 Å². The molecule has 1 amide bonds. The van der Waals surface area contributed by atoms with Gasteiger partial charge < -0.3 is 9.80 Å². The van der Waals surface area contributed by atoms with Gasteiger partial charge in [0.05, 0.1) is 18.8 Å². The predicted octanol–water partition coefficient (Wildman–Crippen LogP) is 2.23. The first-order valence-corrected chi connectivity index (χ1v) is 10.5. The van der Waals surface area contributed by atoms with Gasteiger partial charge in [-0.3, -0.25) is 14.4 Å². The standard InChI is InChI=1S/C23H33N5O/c1-16-8-6-7-9-20(16)23-21-14-27(11-18-10-24-26(5)17(18)2)12-19(21)13-28(23)22(29)15-25(3)4/h6-10,19,21,23H,11-15H2,1-5H3/t19-,21-,23+/m1/s1. The lowest BCUT2D eigenvalue weighted by Gasteiger charge is -2.31. The van der Waals surface area contributed by atoms with Crippen LogP contribution in [-0.2, 0) is 18.4 Å². The van der Waals surface area contributed by atoms with Crippen molar-refractivity contribution in [1.82, 2.24) is 24.5 Å². The molecule has 0 spiro atoms. The number of aryl methyl sites for hydroxylation is 2. The van der Waals surface area contributed by atoms with Crippen LogP contribution in [0.25, 0.3) is 0 Å². The normalized spacial score (nSPS) is 24.5. The van der Waals surface area contributed by atoms with Crippen molar-refractivity contribution in [2.45, 2.75) is 26.4 Å². The largest absolute Gasteiger partial charge is 0.334 e. The van der Waals surface area contributed by atoms with E-state index in [2.05, 4.69) is 53.0 Å². The fourth-order valence-electron chi connectivity index (χ4n) is 5.14. The maximum absolute atomic E-state index is 13.1. The Hall–Kier alpha value is -2.18. The van der Waals surface area contributed by atoms with E-state index in [1.54, 1.807) is 0 Å². The Morgan fingerprint density at radius 3 is 2.59 bits per heavy atom. The van der Waals surface area contributed by atoms with Crippen molar-refractivity contribution in [2.24, 2.45) is 18.9 Å². The van der Waals surface area contributed by atoms with Gasteiger partial charge in [0.1, 0.15) is 0 Å². The Labute approximate surface area is 174 Å². The lowest BCUT2D eigenvalue weighted by atomic mass is 9.87. The van der Waals surface area contributed by atoms with E-state index in [1.165, 1.54) is 22.4 Å². The molecule has 4 rings (SSSR count). The predicted molar refractivity (Wildman–Crippen MR) is 114 cm³/mol. The Morgan fingerprint density at radius 2 is 1.93 bits per heavy atom. The third-order valence-corrected chi connectivity index (χ3v) is 6.75. The summed E-state index contributed by atoms with van der Waals surface area (Å²) in [6.07, 6.45) is 2.00. The topological polar surface area (TPSA) is 44.6 Å². The number of hydrogen-bond acceptors (Lipinski definition) is 4. The molecule has 1 aromatic heterocycles. The van der Waals surface area contributed by atoms with Crippen molar-refractivity contribution < 1.29 is 4.79 Å². The summed E-state index contributed by atoms with van der Waals surface area (Å²) in [6, 6.07) is 8.75. The van der Waals surface area contributed by atoms with Crippen molar-refractivity contribution in [3.63, 3.8) is 0 Å². The first kappa shape index (κ1) is 20.1. The number of fused-ring (bicyclic) bond motifs is 1. The number of hydrogen-bond donors (Lipinski definition) is 0. The maximum atomic E-state index is 13.1. The molecule has 0 saturated carbocycles. The average molecular weight is 396 g/mol. The molecule has 0 aliphatic carbocycles. The molecule has 3 atom stereocenters. The summed E-state index contributed by atoms with van der Waals surface area (Å²) in [4.78, 5) is 19.7. The minimum atomic E-state index is 0.175. The van der Waals surface area contributed by atoms with Gasteiger partial charge in [-0.1, -0.05) is 24.3 Å². The number of aromatic nitrogens is 2. The number of rotatable bonds is 5. The van der Waals surface area contributed by atoms with Crippen molar-refractivity contribution in [1.29, 1.82) is 0 Å². The molecule has 6 nitrogen and oxygen atoms in total. The highest BCUT2D eigenvalue weighted by atomic mass is 16.2. The molecule has 0 bridgehead atoms. The highest BCUT2D eigenvalue weighted by Gasteiger charge is 2.49. The molecular formula is C23H33N5O. The van der Waals surface area contributed by atoms with Crippen LogP contribution in [0.4, 0.5) is 0 Å². The minimum absolute atomic E-state index is 0.175. The number of nitrogens with zero attached hydrogens (tertiary/aromatic N) is 5. The van der Waals surface area contributed by atoms with Crippen molar-refractivity contribution >= 4 is 5.91 Å². The summed E-state index contributed by atoms with van der Waals surface area (Å²) in [5.74, 6) is 1.26. The highest BCUT2D eigenvalue weighted by molar-refractivity contribution is 5.79. The summed E-state index contributed by atoms with van der Waals surface area (Å²) in [6.45, 7) is 8.66. The van der Waals surface area contributed by atoms with Crippen molar-refractivity contribution in [3.05, 3.63) is 52.8 Å². The van der Waals surface area contributed by atoms with Crippen LogP contribution < -0.4 is 0 Å². The molecule has 0 N–H and O–H groups in total. The van der Waals surface area contributed by atoms with Gasteiger partial charge >= 0.3 is 0 Å². The van der Waals surface area contributed by atoms with E-state index in [0.29, 0.717) is 18.4 Å². The molecule has 6 heteroatoms. The smallest absolute Gasteiger partial charge is 0.237 e. The first-order valence-electron chi connectivity index (χ1n) is 10.5. The molecule has 2 fully saturated rings. The van der Waals surface area contributed by atoms with Gasteiger partial charge in [0.15, 0.2) is 0 Å². The zero-order valence-corrected chi connectivity index (χ0v) is 18.3. The Kier molecular flexibility index (Phi) is 5.49. The second-order valence-electron chi connectivity index (χ2n) is 9.08. The molecule has 0 radical (unpaired) electrons. The molecule has 3 heterocycles.